The lowest BCUT2D eigenvalue weighted by Crippen LogP contribution is -2.47. The summed E-state index contributed by atoms with van der Waals surface area (Å²) in [4.78, 5) is 35.5. The molecule has 7 nitrogen and oxygen atoms in total. The number of nitrogens with one attached hydrogen (secondary N) is 4. The molecule has 0 aliphatic heterocycles. The van der Waals surface area contributed by atoms with E-state index in [2.05, 4.69) is 21.3 Å². The molecule has 0 bridgehead atoms. The summed E-state index contributed by atoms with van der Waals surface area (Å²) in [5, 5.41) is 10.8. The van der Waals surface area contributed by atoms with E-state index >= 15 is 0 Å². The zero-order chi connectivity index (χ0) is 19.0. The van der Waals surface area contributed by atoms with Crippen LogP contribution in [-0.2, 0) is 9.59 Å². The molecule has 25 heavy (non-hydrogen) atoms. The molecule has 1 unspecified atom stereocenters. The topological polar surface area (TPSA) is 99.3 Å². The predicted octanol–water partition coefficient (Wildman–Crippen LogP) is 2.77. The summed E-state index contributed by atoms with van der Waals surface area (Å²) in [5.74, 6) is -0.475. The van der Waals surface area contributed by atoms with Gasteiger partial charge in [-0.15, -0.1) is 0 Å². The van der Waals surface area contributed by atoms with Crippen LogP contribution in [-0.4, -0.2) is 29.9 Å². The van der Waals surface area contributed by atoms with Gasteiger partial charge in [0.2, 0.25) is 11.8 Å². The summed E-state index contributed by atoms with van der Waals surface area (Å²) < 4.78 is 0. The maximum Gasteiger partial charge on any atom is 0.321 e. The van der Waals surface area contributed by atoms with Crippen LogP contribution in [0.2, 0.25) is 0 Å². The molecule has 0 saturated heterocycles. The lowest BCUT2D eigenvalue weighted by molar-refractivity contribution is -0.120. The number of amides is 4. The van der Waals surface area contributed by atoms with Gasteiger partial charge in [-0.3, -0.25) is 14.9 Å². The van der Waals surface area contributed by atoms with Gasteiger partial charge in [0, 0.05) is 23.8 Å². The molecule has 0 aromatic heterocycles. The monoisotopic (exact) mass is 348 g/mol. The van der Waals surface area contributed by atoms with Gasteiger partial charge in [-0.25, -0.2) is 4.79 Å². The number of urea groups is 1. The molecule has 0 saturated carbocycles. The molecule has 4 N–H and O–H groups in total. The number of imide groups is 1. The Hall–Kier alpha value is -2.57. The number of carbonyl (C=O) groups is 3. The highest BCUT2D eigenvalue weighted by Crippen LogP contribution is 2.24. The normalized spacial score (nSPS) is 11.6. The Morgan fingerprint density at radius 2 is 1.72 bits per heavy atom. The molecule has 1 aromatic carbocycles. The first kappa shape index (κ1) is 20.5. The largest absolute Gasteiger partial charge is 0.374 e. The lowest BCUT2D eigenvalue weighted by Gasteiger charge is -2.19. The van der Waals surface area contributed by atoms with Crippen LogP contribution in [0.4, 0.5) is 16.2 Å². The van der Waals surface area contributed by atoms with E-state index in [0.717, 1.165) is 17.7 Å². The quantitative estimate of drug-likeness (QED) is 0.609. The van der Waals surface area contributed by atoms with Crippen molar-refractivity contribution in [3.05, 3.63) is 23.8 Å². The summed E-state index contributed by atoms with van der Waals surface area (Å²) >= 11 is 0. The van der Waals surface area contributed by atoms with Crippen molar-refractivity contribution >= 4 is 29.2 Å². The van der Waals surface area contributed by atoms with Crippen molar-refractivity contribution in [3.63, 3.8) is 0 Å². The van der Waals surface area contributed by atoms with Crippen LogP contribution >= 0.6 is 0 Å². The zero-order valence-corrected chi connectivity index (χ0v) is 15.5. The summed E-state index contributed by atoms with van der Waals surface area (Å²) in [6, 6.07) is 4.25. The van der Waals surface area contributed by atoms with Crippen molar-refractivity contribution < 1.29 is 14.4 Å². The fourth-order valence-electron chi connectivity index (χ4n) is 2.18. The Bertz CT molecular complexity index is 629. The number of carbonyl (C=O) groups excluding carboxylic acids is 3. The van der Waals surface area contributed by atoms with Crippen molar-refractivity contribution in [2.75, 3.05) is 10.6 Å². The zero-order valence-electron chi connectivity index (χ0n) is 15.5. The third-order valence-electron chi connectivity index (χ3n) is 3.51. The van der Waals surface area contributed by atoms with Gasteiger partial charge < -0.3 is 16.0 Å². The third kappa shape index (κ3) is 6.82. The van der Waals surface area contributed by atoms with Gasteiger partial charge in [0.1, 0.15) is 6.04 Å². The molecule has 0 heterocycles. The second kappa shape index (κ2) is 9.66. The third-order valence-corrected chi connectivity index (χ3v) is 3.51. The molecule has 0 fully saturated rings. The summed E-state index contributed by atoms with van der Waals surface area (Å²) in [5.41, 5.74) is 2.26. The maximum absolute atomic E-state index is 12.1. The van der Waals surface area contributed by atoms with E-state index in [0.29, 0.717) is 12.1 Å². The fourth-order valence-corrected chi connectivity index (χ4v) is 2.18. The Morgan fingerprint density at radius 3 is 2.32 bits per heavy atom. The Balaban J connectivity index is 2.73. The molecule has 1 aromatic rings. The van der Waals surface area contributed by atoms with Crippen LogP contribution in [0.15, 0.2) is 18.2 Å². The summed E-state index contributed by atoms with van der Waals surface area (Å²) in [7, 11) is 0. The molecule has 0 aliphatic carbocycles. The van der Waals surface area contributed by atoms with Gasteiger partial charge in [0.15, 0.2) is 0 Å². The first-order valence-electron chi connectivity index (χ1n) is 8.52. The van der Waals surface area contributed by atoms with Crippen LogP contribution < -0.4 is 21.3 Å². The van der Waals surface area contributed by atoms with E-state index in [1.807, 2.05) is 39.8 Å². The number of anilines is 2. The van der Waals surface area contributed by atoms with Crippen LogP contribution in [0, 0.1) is 6.92 Å². The average molecular weight is 348 g/mol. The Kier molecular flexibility index (Phi) is 7.91. The molecule has 7 heteroatoms. The van der Waals surface area contributed by atoms with Crippen molar-refractivity contribution in [2.45, 2.75) is 59.5 Å². The molecular weight excluding hydrogens is 320 g/mol. The van der Waals surface area contributed by atoms with Crippen LogP contribution in [0.1, 0.15) is 46.1 Å². The van der Waals surface area contributed by atoms with Gasteiger partial charge in [-0.2, -0.15) is 0 Å². The molecule has 4 amide bonds. The summed E-state index contributed by atoms with van der Waals surface area (Å²) in [6.45, 7) is 9.10. The minimum Gasteiger partial charge on any atom is -0.374 e. The number of hydrogen-bond acceptors (Lipinski definition) is 4. The van der Waals surface area contributed by atoms with Gasteiger partial charge in [0.05, 0.1) is 0 Å². The Morgan fingerprint density at radius 1 is 1.08 bits per heavy atom. The first-order chi connectivity index (χ1) is 11.7. The predicted molar refractivity (Wildman–Crippen MR) is 99.6 cm³/mol. The maximum atomic E-state index is 12.1. The van der Waals surface area contributed by atoms with Gasteiger partial charge in [0.25, 0.3) is 0 Å². The van der Waals surface area contributed by atoms with E-state index in [4.69, 9.17) is 0 Å². The lowest BCUT2D eigenvalue weighted by atomic mass is 10.1. The van der Waals surface area contributed by atoms with E-state index in [1.54, 1.807) is 13.0 Å². The second-order valence-corrected chi connectivity index (χ2v) is 6.26. The van der Waals surface area contributed by atoms with Crippen molar-refractivity contribution in [3.8, 4) is 0 Å². The molecule has 0 spiro atoms. The van der Waals surface area contributed by atoms with Gasteiger partial charge in [-0.05, 0) is 51.8 Å². The molecule has 138 valence electrons. The standard InChI is InChI=1S/C18H28N4O3/c1-6-8-16(23)21-15-10-7-9-14(12(15)4)20-13(5)17(24)22-18(25)19-11(2)3/h7,9-11,13,20H,6,8H2,1-5H3,(H,21,23)(H2,19,22,24,25). The highest BCUT2D eigenvalue weighted by molar-refractivity contribution is 5.98. The minimum atomic E-state index is -0.613. The van der Waals surface area contributed by atoms with Gasteiger partial charge in [-0.1, -0.05) is 13.0 Å². The van der Waals surface area contributed by atoms with Crippen molar-refractivity contribution in [2.24, 2.45) is 0 Å². The van der Waals surface area contributed by atoms with E-state index in [1.165, 1.54) is 0 Å². The first-order valence-corrected chi connectivity index (χ1v) is 8.52. The number of benzene rings is 1. The highest BCUT2D eigenvalue weighted by atomic mass is 16.2. The molecule has 0 radical (unpaired) electrons. The minimum absolute atomic E-state index is 0.0427. The number of hydrogen-bond donors (Lipinski definition) is 4. The Labute approximate surface area is 148 Å². The smallest absolute Gasteiger partial charge is 0.321 e. The molecule has 0 aliphatic rings. The fraction of sp³-hybridized carbons (Fsp3) is 0.500. The van der Waals surface area contributed by atoms with Crippen LogP contribution in [0.25, 0.3) is 0 Å². The van der Waals surface area contributed by atoms with E-state index in [-0.39, 0.29) is 11.9 Å². The average Bonchev–Trinajstić information content (AvgIpc) is 2.50. The van der Waals surface area contributed by atoms with Gasteiger partial charge >= 0.3 is 6.03 Å². The second-order valence-electron chi connectivity index (χ2n) is 6.26. The van der Waals surface area contributed by atoms with Crippen molar-refractivity contribution in [1.82, 2.24) is 10.6 Å². The van der Waals surface area contributed by atoms with E-state index in [9.17, 15) is 14.4 Å². The molecule has 1 atom stereocenters. The molecule has 1 rings (SSSR count). The highest BCUT2D eigenvalue weighted by Gasteiger charge is 2.17. The SMILES string of the molecule is CCCC(=O)Nc1cccc(NC(C)C(=O)NC(=O)NC(C)C)c1C. The van der Waals surface area contributed by atoms with E-state index < -0.39 is 18.0 Å². The molecular formula is C18H28N4O3. The van der Waals surface area contributed by atoms with Crippen LogP contribution in [0.3, 0.4) is 0 Å². The van der Waals surface area contributed by atoms with Crippen LogP contribution in [0.5, 0.6) is 0 Å². The number of rotatable bonds is 7. The van der Waals surface area contributed by atoms with Crippen molar-refractivity contribution in [1.29, 1.82) is 0 Å². The summed E-state index contributed by atoms with van der Waals surface area (Å²) in [6.07, 6.45) is 1.24.